The number of hydrogen-bond donors (Lipinski definition) is 1. The lowest BCUT2D eigenvalue weighted by atomic mass is 10.2. The number of benzene rings is 3. The van der Waals surface area contributed by atoms with Crippen molar-refractivity contribution in [2.24, 2.45) is 5.10 Å². The highest BCUT2D eigenvalue weighted by Gasteiger charge is 2.12. The predicted molar refractivity (Wildman–Crippen MR) is 130 cm³/mol. The van der Waals surface area contributed by atoms with Gasteiger partial charge in [-0.15, -0.1) is 11.3 Å². The van der Waals surface area contributed by atoms with Gasteiger partial charge in [0.25, 0.3) is 5.91 Å². The molecule has 3 aromatic carbocycles. The van der Waals surface area contributed by atoms with Gasteiger partial charge in [-0.1, -0.05) is 42.1 Å². The van der Waals surface area contributed by atoms with Gasteiger partial charge in [-0.2, -0.15) is 5.10 Å². The number of nitrogens with zero attached hydrogens (tertiary/aromatic N) is 2. The molecular formula is C24H19N3O4S2. The zero-order valence-corrected chi connectivity index (χ0v) is 19.2. The van der Waals surface area contributed by atoms with Gasteiger partial charge >= 0.3 is 5.97 Å². The summed E-state index contributed by atoms with van der Waals surface area (Å²) in [6.07, 6.45) is 1.49. The summed E-state index contributed by atoms with van der Waals surface area (Å²) >= 11 is 2.92. The summed E-state index contributed by atoms with van der Waals surface area (Å²) in [6.45, 7) is 0. The first kappa shape index (κ1) is 22.5. The van der Waals surface area contributed by atoms with Gasteiger partial charge in [0, 0.05) is 0 Å². The molecule has 0 saturated heterocycles. The number of ether oxygens (including phenoxy) is 2. The molecule has 4 rings (SSSR count). The zero-order valence-electron chi connectivity index (χ0n) is 17.6. The van der Waals surface area contributed by atoms with Gasteiger partial charge in [-0.3, -0.25) is 4.79 Å². The van der Waals surface area contributed by atoms with Gasteiger partial charge in [-0.05, 0) is 48.0 Å². The largest absolute Gasteiger partial charge is 0.493 e. The molecule has 9 heteroatoms. The average molecular weight is 478 g/mol. The van der Waals surface area contributed by atoms with E-state index in [4.69, 9.17) is 9.47 Å². The summed E-state index contributed by atoms with van der Waals surface area (Å²) in [4.78, 5) is 28.9. The van der Waals surface area contributed by atoms with E-state index in [1.807, 2.05) is 30.3 Å². The molecule has 0 aliphatic rings. The maximum absolute atomic E-state index is 12.3. The van der Waals surface area contributed by atoms with Crippen LogP contribution in [0.3, 0.4) is 0 Å². The van der Waals surface area contributed by atoms with Crippen molar-refractivity contribution >= 4 is 51.4 Å². The van der Waals surface area contributed by atoms with E-state index < -0.39 is 5.97 Å². The summed E-state index contributed by atoms with van der Waals surface area (Å²) in [5.41, 5.74) is 4.54. The Morgan fingerprint density at radius 3 is 2.64 bits per heavy atom. The van der Waals surface area contributed by atoms with Crippen molar-refractivity contribution in [1.82, 2.24) is 10.4 Å². The number of rotatable bonds is 8. The number of para-hydroxylation sites is 1. The first-order valence-corrected chi connectivity index (χ1v) is 11.7. The number of thiazole rings is 1. The van der Waals surface area contributed by atoms with Crippen LogP contribution >= 0.6 is 23.1 Å². The number of hydrazone groups is 1. The molecule has 0 unspecified atom stereocenters. The number of carbonyl (C=O) groups is 2. The third-order valence-corrected chi connectivity index (χ3v) is 6.58. The van der Waals surface area contributed by atoms with Crippen LogP contribution in [0, 0.1) is 0 Å². The Morgan fingerprint density at radius 2 is 1.85 bits per heavy atom. The van der Waals surface area contributed by atoms with Crippen molar-refractivity contribution in [3.8, 4) is 11.5 Å². The van der Waals surface area contributed by atoms with Crippen molar-refractivity contribution in [3.63, 3.8) is 0 Å². The molecule has 0 atom stereocenters. The van der Waals surface area contributed by atoms with Gasteiger partial charge in [0.05, 0.1) is 34.9 Å². The molecule has 33 heavy (non-hydrogen) atoms. The van der Waals surface area contributed by atoms with Crippen molar-refractivity contribution in [3.05, 3.63) is 83.9 Å². The van der Waals surface area contributed by atoms with Crippen molar-refractivity contribution in [2.75, 3.05) is 12.9 Å². The van der Waals surface area contributed by atoms with E-state index in [1.54, 1.807) is 53.8 Å². The molecule has 1 aromatic heterocycles. The number of aromatic nitrogens is 1. The summed E-state index contributed by atoms with van der Waals surface area (Å²) in [7, 11) is 1.48. The molecular weight excluding hydrogens is 458 g/mol. The number of thioether (sulfide) groups is 1. The van der Waals surface area contributed by atoms with E-state index >= 15 is 0 Å². The molecule has 0 spiro atoms. The van der Waals surface area contributed by atoms with E-state index in [0.717, 1.165) is 14.6 Å². The fourth-order valence-electron chi connectivity index (χ4n) is 2.83. The second-order valence-electron chi connectivity index (χ2n) is 6.70. The first-order chi connectivity index (χ1) is 16.1. The quantitative estimate of drug-likeness (QED) is 0.129. The van der Waals surface area contributed by atoms with Crippen LogP contribution in [0.5, 0.6) is 11.5 Å². The SMILES string of the molecule is COc1cc(/C=N\NC(=O)CSc2nc3ccccc3s2)ccc1OC(=O)c1ccccc1. The molecule has 1 heterocycles. The van der Waals surface area contributed by atoms with Crippen molar-refractivity contribution in [2.45, 2.75) is 4.34 Å². The Bertz CT molecular complexity index is 1270. The molecule has 0 bridgehead atoms. The topological polar surface area (TPSA) is 89.9 Å². The maximum atomic E-state index is 12.3. The van der Waals surface area contributed by atoms with Crippen LogP contribution < -0.4 is 14.9 Å². The van der Waals surface area contributed by atoms with Crippen LogP contribution in [-0.2, 0) is 4.79 Å². The molecule has 0 radical (unpaired) electrons. The second-order valence-corrected chi connectivity index (χ2v) is 8.95. The minimum absolute atomic E-state index is 0.203. The Morgan fingerprint density at radius 1 is 1.06 bits per heavy atom. The third kappa shape index (κ3) is 5.97. The van der Waals surface area contributed by atoms with Gasteiger partial charge in [0.2, 0.25) is 0 Å². The van der Waals surface area contributed by atoms with E-state index in [2.05, 4.69) is 15.5 Å². The number of carbonyl (C=O) groups excluding carboxylic acids is 2. The van der Waals surface area contributed by atoms with Crippen LogP contribution in [-0.4, -0.2) is 35.9 Å². The summed E-state index contributed by atoms with van der Waals surface area (Å²) in [5.74, 6) is 0.152. The molecule has 0 saturated carbocycles. The highest BCUT2D eigenvalue weighted by Crippen LogP contribution is 2.29. The van der Waals surface area contributed by atoms with E-state index in [9.17, 15) is 9.59 Å². The fraction of sp³-hybridized carbons (Fsp3) is 0.0833. The van der Waals surface area contributed by atoms with Gasteiger partial charge in [-0.25, -0.2) is 15.2 Å². The van der Waals surface area contributed by atoms with Crippen molar-refractivity contribution in [1.29, 1.82) is 0 Å². The minimum Gasteiger partial charge on any atom is -0.493 e. The number of nitrogens with one attached hydrogen (secondary N) is 1. The van der Waals surface area contributed by atoms with Crippen LogP contribution in [0.25, 0.3) is 10.2 Å². The Labute approximate surface area is 198 Å². The van der Waals surface area contributed by atoms with Crippen LogP contribution in [0.4, 0.5) is 0 Å². The molecule has 1 amide bonds. The van der Waals surface area contributed by atoms with Crippen LogP contribution in [0.15, 0.2) is 82.2 Å². The smallest absolute Gasteiger partial charge is 0.343 e. The number of hydrogen-bond acceptors (Lipinski definition) is 8. The lowest BCUT2D eigenvalue weighted by Crippen LogP contribution is -2.19. The second kappa shape index (κ2) is 10.8. The lowest BCUT2D eigenvalue weighted by Gasteiger charge is -2.10. The molecule has 0 fully saturated rings. The first-order valence-electron chi connectivity index (χ1n) is 9.88. The minimum atomic E-state index is -0.479. The summed E-state index contributed by atoms with van der Waals surface area (Å²) < 4.78 is 12.7. The van der Waals surface area contributed by atoms with Crippen LogP contribution in [0.1, 0.15) is 15.9 Å². The standard InChI is InChI=1S/C24H19N3O4S2/c1-30-20-13-16(11-12-19(20)31-23(29)17-7-3-2-4-8-17)14-25-27-22(28)15-32-24-26-18-9-5-6-10-21(18)33-24/h2-14H,15H2,1H3,(H,27,28)/b25-14-. The Hall–Kier alpha value is -3.69. The van der Waals surface area contributed by atoms with Gasteiger partial charge in [0.15, 0.2) is 15.8 Å². The highest BCUT2D eigenvalue weighted by atomic mass is 32.2. The van der Waals surface area contributed by atoms with E-state index in [1.165, 1.54) is 25.1 Å². The van der Waals surface area contributed by atoms with Crippen molar-refractivity contribution < 1.29 is 19.1 Å². The molecule has 0 aliphatic heterocycles. The van der Waals surface area contributed by atoms with Gasteiger partial charge < -0.3 is 9.47 Å². The summed E-state index contributed by atoms with van der Waals surface area (Å²) in [6, 6.07) is 21.5. The van der Waals surface area contributed by atoms with E-state index in [0.29, 0.717) is 22.6 Å². The zero-order chi connectivity index (χ0) is 23.0. The number of fused-ring (bicyclic) bond motifs is 1. The molecule has 4 aromatic rings. The monoisotopic (exact) mass is 477 g/mol. The van der Waals surface area contributed by atoms with E-state index in [-0.39, 0.29) is 11.7 Å². The number of esters is 1. The third-order valence-electron chi connectivity index (χ3n) is 4.40. The summed E-state index contributed by atoms with van der Waals surface area (Å²) in [5, 5.41) is 3.99. The number of amides is 1. The molecule has 1 N–H and O–H groups in total. The lowest BCUT2D eigenvalue weighted by molar-refractivity contribution is -0.118. The highest BCUT2D eigenvalue weighted by molar-refractivity contribution is 8.01. The molecule has 0 aliphatic carbocycles. The predicted octanol–water partition coefficient (Wildman–Crippen LogP) is 4.77. The Balaban J connectivity index is 1.31. The maximum Gasteiger partial charge on any atom is 0.343 e. The van der Waals surface area contributed by atoms with Gasteiger partial charge in [0.1, 0.15) is 0 Å². The average Bonchev–Trinajstić information content (AvgIpc) is 3.27. The normalized spacial score (nSPS) is 10.9. The molecule has 7 nitrogen and oxygen atoms in total. The van der Waals surface area contributed by atoms with Crippen LogP contribution in [0.2, 0.25) is 0 Å². The fourth-order valence-corrected chi connectivity index (χ4v) is 4.69. The molecule has 166 valence electrons. The Kier molecular flexibility index (Phi) is 7.33. The number of methoxy groups -OCH3 is 1.